The normalized spacial score (nSPS) is 10.6. The number of hydrogen-bond acceptors (Lipinski definition) is 2. The topological polar surface area (TPSA) is 29.9 Å². The van der Waals surface area contributed by atoms with Crippen LogP contribution in [-0.4, -0.2) is 9.55 Å². The second-order valence-corrected chi connectivity index (χ2v) is 5.32. The summed E-state index contributed by atoms with van der Waals surface area (Å²) in [5.41, 5.74) is 2.36. The Balaban J connectivity index is 2.04. The van der Waals surface area contributed by atoms with Gasteiger partial charge in [-0.25, -0.2) is 4.98 Å². The van der Waals surface area contributed by atoms with E-state index in [1.165, 1.54) is 5.56 Å². The zero-order valence-electron chi connectivity index (χ0n) is 10.8. The third-order valence-electron chi connectivity index (χ3n) is 2.76. The summed E-state index contributed by atoms with van der Waals surface area (Å²) in [4.78, 5) is 4.38. The highest BCUT2D eigenvalue weighted by Gasteiger charge is 2.02. The molecule has 0 fully saturated rings. The molecule has 96 valence electrons. The van der Waals surface area contributed by atoms with E-state index < -0.39 is 0 Å². The van der Waals surface area contributed by atoms with E-state index in [0.717, 1.165) is 35.5 Å². The number of anilines is 1. The number of hydrogen-bond donors (Lipinski definition) is 1. The molecule has 1 N–H and O–H groups in total. The zero-order chi connectivity index (χ0) is 13.0. The molecule has 0 unspecified atom stereocenters. The van der Waals surface area contributed by atoms with Crippen molar-refractivity contribution in [1.29, 1.82) is 0 Å². The maximum atomic E-state index is 4.38. The average Bonchev–Trinajstić information content (AvgIpc) is 2.73. The first-order valence-corrected chi connectivity index (χ1v) is 6.99. The minimum Gasteiger partial charge on any atom is -0.378 e. The van der Waals surface area contributed by atoms with Crippen molar-refractivity contribution in [2.24, 2.45) is 0 Å². The molecule has 0 spiro atoms. The van der Waals surface area contributed by atoms with Gasteiger partial charge in [0.1, 0.15) is 5.82 Å². The third-order valence-corrected chi connectivity index (χ3v) is 3.22. The number of imidazole rings is 1. The predicted octanol–water partition coefficient (Wildman–Crippen LogP) is 3.98. The van der Waals surface area contributed by atoms with Gasteiger partial charge in [-0.2, -0.15) is 0 Å². The predicted molar refractivity (Wildman–Crippen MR) is 78.7 cm³/mol. The maximum absolute atomic E-state index is 4.38. The van der Waals surface area contributed by atoms with Crippen LogP contribution in [0.2, 0.25) is 0 Å². The fourth-order valence-corrected chi connectivity index (χ4v) is 2.58. The quantitative estimate of drug-likeness (QED) is 0.905. The smallest absolute Gasteiger partial charge is 0.128 e. The highest BCUT2D eigenvalue weighted by Crippen LogP contribution is 2.19. The molecule has 1 aromatic carbocycles. The van der Waals surface area contributed by atoms with Crippen molar-refractivity contribution in [1.82, 2.24) is 9.55 Å². The van der Waals surface area contributed by atoms with Crippen LogP contribution in [0.3, 0.4) is 0 Å². The highest BCUT2D eigenvalue weighted by molar-refractivity contribution is 9.10. The summed E-state index contributed by atoms with van der Waals surface area (Å²) in [5.74, 6) is 1.08. The Labute approximate surface area is 116 Å². The van der Waals surface area contributed by atoms with Gasteiger partial charge in [-0.1, -0.05) is 22.9 Å². The van der Waals surface area contributed by atoms with Crippen LogP contribution in [0, 0.1) is 6.92 Å². The van der Waals surface area contributed by atoms with Gasteiger partial charge in [-0.3, -0.25) is 0 Å². The second-order valence-electron chi connectivity index (χ2n) is 4.41. The molecule has 1 aromatic heterocycles. The lowest BCUT2D eigenvalue weighted by Gasteiger charge is -2.10. The van der Waals surface area contributed by atoms with E-state index in [0.29, 0.717) is 0 Å². The zero-order valence-corrected chi connectivity index (χ0v) is 12.4. The lowest BCUT2D eigenvalue weighted by Crippen LogP contribution is -2.08. The van der Waals surface area contributed by atoms with Crippen LogP contribution in [0.1, 0.15) is 24.7 Å². The number of aryl methyl sites for hydroxylation is 2. The number of nitrogens with zero attached hydrogens (tertiary/aromatic N) is 2. The van der Waals surface area contributed by atoms with E-state index in [2.05, 4.69) is 62.8 Å². The van der Waals surface area contributed by atoms with Crippen molar-refractivity contribution in [3.8, 4) is 0 Å². The molecule has 0 aliphatic heterocycles. The molecule has 0 saturated carbocycles. The molecule has 3 nitrogen and oxygen atoms in total. The molecule has 4 heteroatoms. The summed E-state index contributed by atoms with van der Waals surface area (Å²) in [6.45, 7) is 6.04. The summed E-state index contributed by atoms with van der Waals surface area (Å²) in [7, 11) is 0. The second kappa shape index (κ2) is 6.05. The van der Waals surface area contributed by atoms with Crippen LogP contribution in [0.5, 0.6) is 0 Å². The fraction of sp³-hybridized carbons (Fsp3) is 0.357. The number of benzene rings is 1. The molecule has 0 atom stereocenters. The third kappa shape index (κ3) is 3.35. The van der Waals surface area contributed by atoms with Crippen molar-refractivity contribution in [3.05, 3.63) is 46.5 Å². The molecular formula is C14H18BrN3. The Kier molecular flexibility index (Phi) is 4.42. The molecule has 0 saturated heterocycles. The summed E-state index contributed by atoms with van der Waals surface area (Å²) in [6.07, 6.45) is 5.02. The van der Waals surface area contributed by atoms with Crippen LogP contribution in [0.4, 0.5) is 5.69 Å². The Morgan fingerprint density at radius 2 is 2.17 bits per heavy atom. The van der Waals surface area contributed by atoms with Crippen LogP contribution in [0.25, 0.3) is 0 Å². The average molecular weight is 308 g/mol. The number of rotatable bonds is 5. The summed E-state index contributed by atoms with van der Waals surface area (Å²) in [6, 6.07) is 6.32. The van der Waals surface area contributed by atoms with E-state index in [9.17, 15) is 0 Å². The van der Waals surface area contributed by atoms with Gasteiger partial charge in [0.15, 0.2) is 0 Å². The Morgan fingerprint density at radius 3 is 2.89 bits per heavy atom. The lowest BCUT2D eigenvalue weighted by atomic mass is 10.2. The van der Waals surface area contributed by atoms with Crippen LogP contribution >= 0.6 is 15.9 Å². The van der Waals surface area contributed by atoms with Crippen molar-refractivity contribution in [3.63, 3.8) is 0 Å². The summed E-state index contributed by atoms with van der Waals surface area (Å²) < 4.78 is 3.29. The first-order chi connectivity index (χ1) is 8.69. The number of aromatic nitrogens is 2. The molecule has 2 rings (SSSR count). The standard InChI is InChI=1S/C14H18BrN3/c1-3-5-18-6-4-16-14(18)10-17-13-8-11(2)7-12(15)9-13/h4,6-9,17H,3,5,10H2,1-2H3. The van der Waals surface area contributed by atoms with Gasteiger partial charge in [0.25, 0.3) is 0 Å². The lowest BCUT2D eigenvalue weighted by molar-refractivity contribution is 0.644. The molecule has 1 heterocycles. The molecule has 0 aliphatic carbocycles. The van der Waals surface area contributed by atoms with Crippen molar-refractivity contribution in [2.75, 3.05) is 5.32 Å². The molecule has 0 radical (unpaired) electrons. The van der Waals surface area contributed by atoms with E-state index in [1.807, 2.05) is 12.4 Å². The van der Waals surface area contributed by atoms with E-state index in [-0.39, 0.29) is 0 Å². The molecule has 0 amide bonds. The number of halogens is 1. The fourth-order valence-electron chi connectivity index (χ4n) is 1.97. The maximum Gasteiger partial charge on any atom is 0.128 e. The van der Waals surface area contributed by atoms with E-state index in [1.54, 1.807) is 0 Å². The molecule has 0 aliphatic rings. The van der Waals surface area contributed by atoms with Crippen molar-refractivity contribution in [2.45, 2.75) is 33.4 Å². The Bertz CT molecular complexity index is 499. The minimum absolute atomic E-state index is 0.753. The Morgan fingerprint density at radius 1 is 1.33 bits per heavy atom. The first kappa shape index (κ1) is 13.1. The minimum atomic E-state index is 0.753. The molecule has 18 heavy (non-hydrogen) atoms. The number of nitrogens with one attached hydrogen (secondary N) is 1. The van der Waals surface area contributed by atoms with Gasteiger partial charge < -0.3 is 9.88 Å². The molecule has 2 aromatic rings. The summed E-state index contributed by atoms with van der Waals surface area (Å²) in [5, 5.41) is 3.41. The van der Waals surface area contributed by atoms with Gasteiger partial charge in [-0.05, 0) is 37.1 Å². The van der Waals surface area contributed by atoms with Gasteiger partial charge in [0, 0.05) is 29.1 Å². The highest BCUT2D eigenvalue weighted by atomic mass is 79.9. The van der Waals surface area contributed by atoms with E-state index in [4.69, 9.17) is 0 Å². The Hall–Kier alpha value is -1.29. The van der Waals surface area contributed by atoms with E-state index >= 15 is 0 Å². The van der Waals surface area contributed by atoms with Crippen LogP contribution in [0.15, 0.2) is 35.1 Å². The van der Waals surface area contributed by atoms with Crippen molar-refractivity contribution >= 4 is 21.6 Å². The molecular weight excluding hydrogens is 290 g/mol. The van der Waals surface area contributed by atoms with Gasteiger partial charge >= 0.3 is 0 Å². The van der Waals surface area contributed by atoms with Crippen molar-refractivity contribution < 1.29 is 0 Å². The van der Waals surface area contributed by atoms with Gasteiger partial charge in [0.05, 0.1) is 6.54 Å². The van der Waals surface area contributed by atoms with Crippen LogP contribution < -0.4 is 5.32 Å². The van der Waals surface area contributed by atoms with Crippen LogP contribution in [-0.2, 0) is 13.1 Å². The first-order valence-electron chi connectivity index (χ1n) is 6.20. The van der Waals surface area contributed by atoms with Gasteiger partial charge in [-0.15, -0.1) is 0 Å². The largest absolute Gasteiger partial charge is 0.378 e. The molecule has 0 bridgehead atoms. The monoisotopic (exact) mass is 307 g/mol. The SMILES string of the molecule is CCCn1ccnc1CNc1cc(C)cc(Br)c1. The van der Waals surface area contributed by atoms with Gasteiger partial charge in [0.2, 0.25) is 0 Å². The summed E-state index contributed by atoms with van der Waals surface area (Å²) >= 11 is 3.51.